The summed E-state index contributed by atoms with van der Waals surface area (Å²) in [5, 5.41) is 8.97. The van der Waals surface area contributed by atoms with Crippen molar-refractivity contribution in [2.45, 2.75) is 32.9 Å². The van der Waals surface area contributed by atoms with Gasteiger partial charge in [-0.25, -0.2) is 9.79 Å². The lowest BCUT2D eigenvalue weighted by Crippen LogP contribution is -2.36. The molecule has 0 saturated carbocycles. The third-order valence-electron chi connectivity index (χ3n) is 5.13. The second-order valence-corrected chi connectivity index (χ2v) is 7.84. The molecular weight excluding hydrogens is 434 g/mol. The Morgan fingerprint density at radius 3 is 2.78 bits per heavy atom. The van der Waals surface area contributed by atoms with Gasteiger partial charge in [0.2, 0.25) is 0 Å². The fourth-order valence-electron chi connectivity index (χ4n) is 3.56. The maximum Gasteiger partial charge on any atom is 0.329 e. The first-order valence-electron chi connectivity index (χ1n) is 10.1. The molecular formula is C21H18ClN7O3. The van der Waals surface area contributed by atoms with Gasteiger partial charge in [0.15, 0.2) is 5.82 Å². The minimum Gasteiger partial charge on any atom is -0.334 e. The van der Waals surface area contributed by atoms with Crippen LogP contribution in [0.25, 0.3) is 11.5 Å². The van der Waals surface area contributed by atoms with Gasteiger partial charge in [-0.2, -0.15) is 10.1 Å². The number of aromatic nitrogens is 6. The van der Waals surface area contributed by atoms with Crippen molar-refractivity contribution in [3.8, 4) is 11.5 Å². The van der Waals surface area contributed by atoms with Gasteiger partial charge in [0, 0.05) is 35.3 Å². The van der Waals surface area contributed by atoms with Gasteiger partial charge in [0.05, 0.1) is 17.5 Å². The maximum absolute atomic E-state index is 12.6. The van der Waals surface area contributed by atoms with E-state index in [1.165, 1.54) is 4.57 Å². The Labute approximate surface area is 186 Å². The molecule has 1 aromatic carbocycles. The molecule has 0 unspecified atom stereocenters. The topological polar surface area (TPSA) is 124 Å². The van der Waals surface area contributed by atoms with Crippen molar-refractivity contribution in [3.05, 3.63) is 79.5 Å². The lowest BCUT2D eigenvalue weighted by Gasteiger charge is -2.04. The molecule has 1 aliphatic rings. The van der Waals surface area contributed by atoms with Crippen molar-refractivity contribution in [1.82, 2.24) is 29.5 Å². The van der Waals surface area contributed by atoms with E-state index in [1.807, 2.05) is 6.92 Å². The summed E-state index contributed by atoms with van der Waals surface area (Å²) < 4.78 is 8.21. The maximum atomic E-state index is 12.6. The SMILES string of the molecule is CCCn1c(=O)[nH]c2c(c1=O)CC(c1cnn(Cc3noc(-c4ccc(Cl)cc4)n3)c1)=N2. The summed E-state index contributed by atoms with van der Waals surface area (Å²) in [6, 6.07) is 7.12. The summed E-state index contributed by atoms with van der Waals surface area (Å²) in [7, 11) is 0. The van der Waals surface area contributed by atoms with E-state index in [0.29, 0.717) is 59.8 Å². The molecule has 10 nitrogen and oxygen atoms in total. The number of rotatable bonds is 6. The first kappa shape index (κ1) is 20.1. The van der Waals surface area contributed by atoms with Crippen molar-refractivity contribution >= 4 is 23.1 Å². The van der Waals surface area contributed by atoms with Crippen LogP contribution in [0.2, 0.25) is 5.02 Å². The second-order valence-electron chi connectivity index (χ2n) is 7.40. The molecule has 0 radical (unpaired) electrons. The molecule has 162 valence electrons. The normalized spacial score (nSPS) is 12.8. The summed E-state index contributed by atoms with van der Waals surface area (Å²) in [6.07, 6.45) is 4.49. The van der Waals surface area contributed by atoms with Crippen LogP contribution in [0.5, 0.6) is 0 Å². The van der Waals surface area contributed by atoms with Crippen LogP contribution in [0.3, 0.4) is 0 Å². The summed E-state index contributed by atoms with van der Waals surface area (Å²) in [5.41, 5.74) is 1.96. The van der Waals surface area contributed by atoms with Gasteiger partial charge in [-0.1, -0.05) is 23.7 Å². The van der Waals surface area contributed by atoms with Crippen LogP contribution in [0.4, 0.5) is 5.82 Å². The van der Waals surface area contributed by atoms with Gasteiger partial charge in [-0.3, -0.25) is 19.0 Å². The quantitative estimate of drug-likeness (QED) is 0.480. The summed E-state index contributed by atoms with van der Waals surface area (Å²) in [5.74, 6) is 1.18. The smallest absolute Gasteiger partial charge is 0.329 e. The van der Waals surface area contributed by atoms with Crippen LogP contribution in [0.15, 0.2) is 55.8 Å². The second kappa shape index (κ2) is 8.04. The Balaban J connectivity index is 1.34. The molecule has 1 aliphatic heterocycles. The zero-order chi connectivity index (χ0) is 22.2. The number of hydrogen-bond acceptors (Lipinski definition) is 7. The zero-order valence-corrected chi connectivity index (χ0v) is 17.8. The third-order valence-corrected chi connectivity index (χ3v) is 5.38. The highest BCUT2D eigenvalue weighted by Gasteiger charge is 2.23. The number of halogens is 1. The van der Waals surface area contributed by atoms with Gasteiger partial charge in [-0.05, 0) is 30.7 Å². The van der Waals surface area contributed by atoms with E-state index in [2.05, 4.69) is 25.2 Å². The molecule has 3 aromatic heterocycles. The lowest BCUT2D eigenvalue weighted by atomic mass is 10.1. The molecule has 0 atom stereocenters. The van der Waals surface area contributed by atoms with Crippen molar-refractivity contribution in [2.24, 2.45) is 4.99 Å². The van der Waals surface area contributed by atoms with Crippen molar-refractivity contribution in [3.63, 3.8) is 0 Å². The summed E-state index contributed by atoms with van der Waals surface area (Å²) in [4.78, 5) is 36.4. The number of aromatic amines is 1. The van der Waals surface area contributed by atoms with E-state index in [-0.39, 0.29) is 5.56 Å². The molecule has 0 amide bonds. The van der Waals surface area contributed by atoms with Crippen LogP contribution in [0, 0.1) is 0 Å². The number of aliphatic imine (C=N–C) groups is 1. The highest BCUT2D eigenvalue weighted by Crippen LogP contribution is 2.23. The molecule has 11 heteroatoms. The lowest BCUT2D eigenvalue weighted by molar-refractivity contribution is 0.419. The van der Waals surface area contributed by atoms with Gasteiger partial charge >= 0.3 is 5.69 Å². The van der Waals surface area contributed by atoms with E-state index in [1.54, 1.807) is 41.3 Å². The molecule has 0 aliphatic carbocycles. The highest BCUT2D eigenvalue weighted by atomic mass is 35.5. The van der Waals surface area contributed by atoms with E-state index in [4.69, 9.17) is 16.1 Å². The molecule has 5 rings (SSSR count). The number of H-pyrrole nitrogens is 1. The predicted molar refractivity (Wildman–Crippen MR) is 118 cm³/mol. The Morgan fingerprint density at radius 1 is 1.19 bits per heavy atom. The third kappa shape index (κ3) is 3.69. The summed E-state index contributed by atoms with van der Waals surface area (Å²) in [6.45, 7) is 2.59. The first-order chi connectivity index (χ1) is 15.5. The van der Waals surface area contributed by atoms with Gasteiger partial charge in [0.1, 0.15) is 12.4 Å². The first-order valence-corrected chi connectivity index (χ1v) is 10.4. The molecule has 0 saturated heterocycles. The largest absolute Gasteiger partial charge is 0.334 e. The highest BCUT2D eigenvalue weighted by molar-refractivity contribution is 6.30. The average molecular weight is 452 g/mol. The predicted octanol–water partition coefficient (Wildman–Crippen LogP) is 2.57. The van der Waals surface area contributed by atoms with Crippen molar-refractivity contribution in [1.29, 1.82) is 0 Å². The van der Waals surface area contributed by atoms with E-state index >= 15 is 0 Å². The minimum atomic E-state index is -0.440. The molecule has 0 spiro atoms. The fraction of sp³-hybridized carbons (Fsp3) is 0.238. The van der Waals surface area contributed by atoms with Gasteiger partial charge in [0.25, 0.3) is 11.4 Å². The molecule has 4 heterocycles. The van der Waals surface area contributed by atoms with E-state index in [0.717, 1.165) is 11.1 Å². The van der Waals surface area contributed by atoms with Crippen LogP contribution in [0.1, 0.15) is 30.3 Å². The van der Waals surface area contributed by atoms with Crippen LogP contribution < -0.4 is 11.2 Å². The Kier molecular flexibility index (Phi) is 5.06. The zero-order valence-electron chi connectivity index (χ0n) is 17.1. The van der Waals surface area contributed by atoms with E-state index < -0.39 is 5.69 Å². The number of nitrogens with one attached hydrogen (secondary N) is 1. The van der Waals surface area contributed by atoms with Gasteiger partial charge < -0.3 is 4.52 Å². The number of nitrogens with zero attached hydrogens (tertiary/aromatic N) is 6. The fourth-order valence-corrected chi connectivity index (χ4v) is 3.69. The van der Waals surface area contributed by atoms with Gasteiger partial charge in [-0.15, -0.1) is 0 Å². The minimum absolute atomic E-state index is 0.293. The monoisotopic (exact) mass is 451 g/mol. The Bertz CT molecular complexity index is 1440. The van der Waals surface area contributed by atoms with Crippen LogP contribution >= 0.6 is 11.6 Å². The van der Waals surface area contributed by atoms with Crippen LogP contribution in [-0.2, 0) is 19.5 Å². The summed E-state index contributed by atoms with van der Waals surface area (Å²) >= 11 is 5.91. The van der Waals surface area contributed by atoms with E-state index in [9.17, 15) is 9.59 Å². The Hall–Kier alpha value is -3.79. The van der Waals surface area contributed by atoms with Crippen molar-refractivity contribution in [2.75, 3.05) is 0 Å². The molecule has 1 N–H and O–H groups in total. The molecule has 32 heavy (non-hydrogen) atoms. The number of hydrogen-bond donors (Lipinski definition) is 1. The standard InChI is InChI=1S/C21H18ClN7O3/c1-2-7-29-20(30)15-8-16(24-18(15)26-21(29)31)13-9-23-28(10-13)11-17-25-19(32-27-17)12-3-5-14(22)6-4-12/h3-6,9-10H,2,7-8,11H2,1H3,(H,26,31). The van der Waals surface area contributed by atoms with Crippen molar-refractivity contribution < 1.29 is 4.52 Å². The number of fused-ring (bicyclic) bond motifs is 1. The van der Waals surface area contributed by atoms with Crippen LogP contribution in [-0.4, -0.2) is 35.2 Å². The molecule has 0 bridgehead atoms. The Morgan fingerprint density at radius 2 is 2.00 bits per heavy atom. The average Bonchev–Trinajstić information content (AvgIpc) is 3.52. The number of benzene rings is 1. The molecule has 0 fully saturated rings. The molecule has 4 aromatic rings.